The van der Waals surface area contributed by atoms with E-state index in [1.807, 2.05) is 26.0 Å². The Bertz CT molecular complexity index is 915. The van der Waals surface area contributed by atoms with Crippen LogP contribution in [0.15, 0.2) is 42.2 Å². The van der Waals surface area contributed by atoms with E-state index in [1.165, 1.54) is 0 Å². The average molecular weight is 342 g/mol. The van der Waals surface area contributed by atoms with E-state index < -0.39 is 17.6 Å². The first-order chi connectivity index (χ1) is 11.3. The van der Waals surface area contributed by atoms with Crippen LogP contribution in [0.1, 0.15) is 22.3 Å². The largest absolute Gasteiger partial charge is 0.502 e. The summed E-state index contributed by atoms with van der Waals surface area (Å²) in [6, 6.07) is 10.4. The van der Waals surface area contributed by atoms with E-state index in [-0.39, 0.29) is 5.57 Å². The molecule has 2 amide bonds. The third kappa shape index (κ3) is 2.49. The van der Waals surface area contributed by atoms with Crippen molar-refractivity contribution in [2.45, 2.75) is 20.8 Å². The number of aryl methyl sites for hydroxylation is 3. The number of anilines is 1. The molecule has 0 saturated heterocycles. The molecule has 1 heterocycles. The van der Waals surface area contributed by atoms with Gasteiger partial charge in [-0.1, -0.05) is 35.4 Å². The lowest BCUT2D eigenvalue weighted by atomic mass is 9.98. The third-order valence-corrected chi connectivity index (χ3v) is 4.35. The van der Waals surface area contributed by atoms with E-state index in [2.05, 4.69) is 0 Å². The van der Waals surface area contributed by atoms with Crippen LogP contribution >= 0.6 is 11.6 Å². The molecule has 2 aromatic rings. The van der Waals surface area contributed by atoms with Crippen molar-refractivity contribution in [3.8, 4) is 0 Å². The summed E-state index contributed by atoms with van der Waals surface area (Å²) < 4.78 is 0. The minimum atomic E-state index is -0.722. The summed E-state index contributed by atoms with van der Waals surface area (Å²) in [6.07, 6.45) is 0. The molecule has 3 rings (SSSR count). The Morgan fingerprint density at radius 2 is 1.62 bits per heavy atom. The number of halogens is 1. The van der Waals surface area contributed by atoms with E-state index in [4.69, 9.17) is 11.6 Å². The maximum atomic E-state index is 12.9. The highest BCUT2D eigenvalue weighted by molar-refractivity contribution is 6.45. The second-order valence-electron chi connectivity index (χ2n) is 5.92. The molecule has 5 heteroatoms. The summed E-state index contributed by atoms with van der Waals surface area (Å²) in [5.41, 5.74) is 3.56. The van der Waals surface area contributed by atoms with Crippen LogP contribution in [0.4, 0.5) is 5.69 Å². The van der Waals surface area contributed by atoms with Gasteiger partial charge in [0.15, 0.2) is 5.76 Å². The maximum Gasteiger partial charge on any atom is 0.301 e. The highest BCUT2D eigenvalue weighted by Gasteiger charge is 2.41. The Hall–Kier alpha value is -2.59. The zero-order valence-corrected chi connectivity index (χ0v) is 14.3. The zero-order chi connectivity index (χ0) is 17.6. The van der Waals surface area contributed by atoms with Crippen LogP contribution in [0.5, 0.6) is 0 Å². The van der Waals surface area contributed by atoms with E-state index in [0.29, 0.717) is 21.8 Å². The summed E-state index contributed by atoms with van der Waals surface area (Å²) in [4.78, 5) is 26.3. The summed E-state index contributed by atoms with van der Waals surface area (Å²) in [6.45, 7) is 5.54. The molecule has 0 unspecified atom stereocenters. The number of hydrogen-bond acceptors (Lipinski definition) is 3. The van der Waals surface area contributed by atoms with Gasteiger partial charge in [0.2, 0.25) is 0 Å². The Balaban J connectivity index is 2.11. The van der Waals surface area contributed by atoms with Gasteiger partial charge in [0.05, 0.1) is 11.3 Å². The number of imide groups is 1. The molecular weight excluding hydrogens is 326 g/mol. The Morgan fingerprint density at radius 3 is 2.25 bits per heavy atom. The molecule has 0 aromatic heterocycles. The molecule has 1 N–H and O–H groups in total. The normalized spacial score (nSPS) is 14.8. The van der Waals surface area contributed by atoms with Crippen molar-refractivity contribution in [2.24, 2.45) is 0 Å². The Morgan fingerprint density at radius 1 is 0.917 bits per heavy atom. The quantitative estimate of drug-likeness (QED) is 0.836. The molecule has 0 spiro atoms. The molecule has 0 bridgehead atoms. The standard InChI is InChI=1S/C19H16ClNO3/c1-10-4-6-14(11(2)8-10)16-17(22)19(24)21(18(16)23)15-7-5-13(20)9-12(15)3/h4-9,22H,1-3H3. The maximum absolute atomic E-state index is 12.9. The molecule has 0 atom stereocenters. The zero-order valence-electron chi connectivity index (χ0n) is 13.6. The van der Waals surface area contributed by atoms with Crippen molar-refractivity contribution >= 4 is 34.7 Å². The lowest BCUT2D eigenvalue weighted by Gasteiger charge is -2.17. The van der Waals surface area contributed by atoms with Gasteiger partial charge in [-0.25, -0.2) is 4.90 Å². The first kappa shape index (κ1) is 16.3. The van der Waals surface area contributed by atoms with Gasteiger partial charge in [0.1, 0.15) is 0 Å². The molecule has 122 valence electrons. The molecule has 1 aliphatic rings. The number of benzene rings is 2. The highest BCUT2D eigenvalue weighted by Crippen LogP contribution is 2.35. The van der Waals surface area contributed by atoms with Gasteiger partial charge < -0.3 is 5.11 Å². The van der Waals surface area contributed by atoms with E-state index in [0.717, 1.165) is 16.0 Å². The lowest BCUT2D eigenvalue weighted by Crippen LogP contribution is -2.32. The van der Waals surface area contributed by atoms with Crippen molar-refractivity contribution < 1.29 is 14.7 Å². The van der Waals surface area contributed by atoms with Crippen LogP contribution in [0.2, 0.25) is 5.02 Å². The van der Waals surface area contributed by atoms with Crippen molar-refractivity contribution in [3.05, 3.63) is 69.4 Å². The van der Waals surface area contributed by atoms with E-state index >= 15 is 0 Å². The van der Waals surface area contributed by atoms with Crippen molar-refractivity contribution in [1.29, 1.82) is 0 Å². The number of aliphatic hydroxyl groups excluding tert-OH is 1. The molecule has 0 fully saturated rings. The second kappa shape index (κ2) is 5.80. The lowest BCUT2D eigenvalue weighted by molar-refractivity contribution is -0.121. The van der Waals surface area contributed by atoms with Crippen molar-refractivity contribution in [2.75, 3.05) is 4.90 Å². The highest BCUT2D eigenvalue weighted by atomic mass is 35.5. The molecular formula is C19H16ClNO3. The van der Waals surface area contributed by atoms with E-state index in [1.54, 1.807) is 31.2 Å². The first-order valence-electron chi connectivity index (χ1n) is 7.47. The number of rotatable bonds is 2. The predicted molar refractivity (Wildman–Crippen MR) is 94.1 cm³/mol. The topological polar surface area (TPSA) is 57.6 Å². The number of nitrogens with zero attached hydrogens (tertiary/aromatic N) is 1. The summed E-state index contributed by atoms with van der Waals surface area (Å²) in [5, 5.41) is 10.8. The van der Waals surface area contributed by atoms with Crippen LogP contribution in [0.25, 0.3) is 5.57 Å². The fourth-order valence-electron chi connectivity index (χ4n) is 2.94. The number of carbonyl (C=O) groups is 2. The van der Waals surface area contributed by atoms with Crippen LogP contribution in [-0.2, 0) is 9.59 Å². The molecule has 0 aliphatic carbocycles. The third-order valence-electron chi connectivity index (χ3n) is 4.11. The smallest absolute Gasteiger partial charge is 0.301 e. The number of hydrogen-bond donors (Lipinski definition) is 1. The van der Waals surface area contributed by atoms with Gasteiger partial charge in [-0.15, -0.1) is 0 Å². The fraction of sp³-hybridized carbons (Fsp3) is 0.158. The summed E-state index contributed by atoms with van der Waals surface area (Å²) >= 11 is 5.94. The molecule has 4 nitrogen and oxygen atoms in total. The molecule has 1 aliphatic heterocycles. The van der Waals surface area contributed by atoms with Crippen molar-refractivity contribution in [3.63, 3.8) is 0 Å². The van der Waals surface area contributed by atoms with Crippen LogP contribution < -0.4 is 4.90 Å². The van der Waals surface area contributed by atoms with Crippen LogP contribution in [0, 0.1) is 20.8 Å². The Labute approximate surface area is 145 Å². The Kier molecular flexibility index (Phi) is 3.93. The first-order valence-corrected chi connectivity index (χ1v) is 7.85. The molecule has 24 heavy (non-hydrogen) atoms. The monoisotopic (exact) mass is 341 g/mol. The van der Waals surface area contributed by atoms with Gasteiger partial charge in [0.25, 0.3) is 5.91 Å². The summed E-state index contributed by atoms with van der Waals surface area (Å²) in [7, 11) is 0. The summed E-state index contributed by atoms with van der Waals surface area (Å²) in [5.74, 6) is -1.78. The van der Waals surface area contributed by atoms with Crippen LogP contribution in [0.3, 0.4) is 0 Å². The molecule has 2 aromatic carbocycles. The number of amides is 2. The van der Waals surface area contributed by atoms with Crippen LogP contribution in [-0.4, -0.2) is 16.9 Å². The van der Waals surface area contributed by atoms with Gasteiger partial charge >= 0.3 is 5.91 Å². The number of aliphatic hydroxyl groups is 1. The van der Waals surface area contributed by atoms with Crippen molar-refractivity contribution in [1.82, 2.24) is 0 Å². The van der Waals surface area contributed by atoms with Gasteiger partial charge in [-0.2, -0.15) is 0 Å². The minimum absolute atomic E-state index is 0.0341. The average Bonchev–Trinajstić information content (AvgIpc) is 2.71. The molecule has 0 saturated carbocycles. The van der Waals surface area contributed by atoms with Gasteiger partial charge in [-0.3, -0.25) is 9.59 Å². The SMILES string of the molecule is Cc1ccc(C2=C(O)C(=O)N(c3ccc(Cl)cc3C)C2=O)c(C)c1. The fourth-order valence-corrected chi connectivity index (χ4v) is 3.17. The van der Waals surface area contributed by atoms with E-state index in [9.17, 15) is 14.7 Å². The minimum Gasteiger partial charge on any atom is -0.502 e. The predicted octanol–water partition coefficient (Wildman–Crippen LogP) is 4.11. The van der Waals surface area contributed by atoms with Gasteiger partial charge in [-0.05, 0) is 55.7 Å². The second-order valence-corrected chi connectivity index (χ2v) is 6.35. The number of carbonyl (C=O) groups excluding carboxylic acids is 2. The van der Waals surface area contributed by atoms with Gasteiger partial charge in [0, 0.05) is 5.02 Å². The molecule has 0 radical (unpaired) electrons.